The summed E-state index contributed by atoms with van der Waals surface area (Å²) in [6.07, 6.45) is 3.67. The SMILES string of the molecule is NC(=O)NCc1ccc(C(=O)NCc2cnn(Cc3ccccc3)c2)cc1. The lowest BCUT2D eigenvalue weighted by Gasteiger charge is -2.06. The molecule has 3 rings (SSSR count). The molecule has 1 aromatic heterocycles. The number of benzene rings is 2. The van der Waals surface area contributed by atoms with Crippen molar-refractivity contribution in [2.24, 2.45) is 5.73 Å². The highest BCUT2D eigenvalue weighted by Crippen LogP contribution is 2.06. The molecular formula is C20H21N5O2. The Hall–Kier alpha value is -3.61. The molecule has 0 saturated carbocycles. The van der Waals surface area contributed by atoms with Crippen LogP contribution in [0.15, 0.2) is 67.0 Å². The Bertz CT molecular complexity index is 904. The molecular weight excluding hydrogens is 342 g/mol. The molecule has 0 aliphatic rings. The van der Waals surface area contributed by atoms with Gasteiger partial charge in [-0.3, -0.25) is 9.48 Å². The van der Waals surface area contributed by atoms with Gasteiger partial charge in [0.1, 0.15) is 0 Å². The second kappa shape index (κ2) is 8.66. The number of nitrogens with one attached hydrogen (secondary N) is 2. The van der Waals surface area contributed by atoms with E-state index < -0.39 is 6.03 Å². The van der Waals surface area contributed by atoms with Gasteiger partial charge in [0.15, 0.2) is 0 Å². The second-order valence-corrected chi connectivity index (χ2v) is 6.13. The van der Waals surface area contributed by atoms with Crippen LogP contribution < -0.4 is 16.4 Å². The van der Waals surface area contributed by atoms with Gasteiger partial charge in [0.25, 0.3) is 5.91 Å². The van der Waals surface area contributed by atoms with E-state index in [9.17, 15) is 9.59 Å². The van der Waals surface area contributed by atoms with Gasteiger partial charge in [-0.05, 0) is 23.3 Å². The minimum Gasteiger partial charge on any atom is -0.352 e. The van der Waals surface area contributed by atoms with Crippen LogP contribution in [0.2, 0.25) is 0 Å². The van der Waals surface area contributed by atoms with Crippen LogP contribution in [0.5, 0.6) is 0 Å². The van der Waals surface area contributed by atoms with Gasteiger partial charge >= 0.3 is 6.03 Å². The Kier molecular flexibility index (Phi) is 5.84. The van der Waals surface area contributed by atoms with Crippen LogP contribution in [0.3, 0.4) is 0 Å². The topological polar surface area (TPSA) is 102 Å². The predicted octanol–water partition coefficient (Wildman–Crippen LogP) is 2.03. The van der Waals surface area contributed by atoms with Gasteiger partial charge in [-0.2, -0.15) is 5.10 Å². The Morgan fingerprint density at radius 3 is 2.30 bits per heavy atom. The number of amides is 3. The smallest absolute Gasteiger partial charge is 0.312 e. The quantitative estimate of drug-likeness (QED) is 0.598. The number of nitrogens with two attached hydrogens (primary N) is 1. The molecule has 3 aromatic rings. The fraction of sp³-hybridized carbons (Fsp3) is 0.150. The molecule has 4 N–H and O–H groups in total. The van der Waals surface area contributed by atoms with Gasteiger partial charge < -0.3 is 16.4 Å². The molecule has 0 fully saturated rings. The molecule has 0 unspecified atom stereocenters. The molecule has 0 bridgehead atoms. The zero-order valence-corrected chi connectivity index (χ0v) is 14.8. The summed E-state index contributed by atoms with van der Waals surface area (Å²) < 4.78 is 1.84. The third-order valence-corrected chi connectivity index (χ3v) is 4.01. The van der Waals surface area contributed by atoms with Gasteiger partial charge in [0.05, 0.1) is 12.7 Å². The lowest BCUT2D eigenvalue weighted by Crippen LogP contribution is -2.28. The monoisotopic (exact) mass is 363 g/mol. The van der Waals surface area contributed by atoms with Crippen molar-refractivity contribution in [3.63, 3.8) is 0 Å². The van der Waals surface area contributed by atoms with Crippen LogP contribution in [-0.2, 0) is 19.6 Å². The summed E-state index contributed by atoms with van der Waals surface area (Å²) in [6.45, 7) is 1.42. The van der Waals surface area contributed by atoms with Crippen LogP contribution in [-0.4, -0.2) is 21.7 Å². The van der Waals surface area contributed by atoms with E-state index >= 15 is 0 Å². The van der Waals surface area contributed by atoms with E-state index in [0.717, 1.165) is 11.1 Å². The summed E-state index contributed by atoms with van der Waals surface area (Å²) in [7, 11) is 0. The lowest BCUT2D eigenvalue weighted by atomic mass is 10.1. The molecule has 0 aliphatic carbocycles. The van der Waals surface area contributed by atoms with Crippen molar-refractivity contribution in [2.45, 2.75) is 19.6 Å². The number of hydrogen-bond donors (Lipinski definition) is 3. The van der Waals surface area contributed by atoms with Crippen molar-refractivity contribution >= 4 is 11.9 Å². The van der Waals surface area contributed by atoms with Gasteiger partial charge in [-0.25, -0.2) is 4.79 Å². The minimum atomic E-state index is -0.579. The third kappa shape index (κ3) is 5.43. The first-order valence-corrected chi connectivity index (χ1v) is 8.56. The van der Waals surface area contributed by atoms with E-state index in [1.165, 1.54) is 5.56 Å². The number of hydrogen-bond acceptors (Lipinski definition) is 3. The first-order chi connectivity index (χ1) is 13.1. The van der Waals surface area contributed by atoms with E-state index in [1.54, 1.807) is 30.5 Å². The molecule has 0 radical (unpaired) electrons. The van der Waals surface area contributed by atoms with Gasteiger partial charge in [-0.1, -0.05) is 42.5 Å². The number of carbonyl (C=O) groups excluding carboxylic acids is 2. The van der Waals surface area contributed by atoms with Crippen LogP contribution in [0.25, 0.3) is 0 Å². The predicted molar refractivity (Wildman–Crippen MR) is 102 cm³/mol. The summed E-state index contributed by atoms with van der Waals surface area (Å²) in [6, 6.07) is 16.5. The Morgan fingerprint density at radius 2 is 1.59 bits per heavy atom. The van der Waals surface area contributed by atoms with Crippen LogP contribution >= 0.6 is 0 Å². The van der Waals surface area contributed by atoms with E-state index in [4.69, 9.17) is 5.73 Å². The van der Waals surface area contributed by atoms with Gasteiger partial charge in [-0.15, -0.1) is 0 Å². The second-order valence-electron chi connectivity index (χ2n) is 6.13. The third-order valence-electron chi connectivity index (χ3n) is 4.01. The average Bonchev–Trinajstić information content (AvgIpc) is 3.13. The first-order valence-electron chi connectivity index (χ1n) is 8.56. The summed E-state index contributed by atoms with van der Waals surface area (Å²) in [4.78, 5) is 23.0. The van der Waals surface area contributed by atoms with E-state index in [-0.39, 0.29) is 5.91 Å². The number of primary amides is 1. The lowest BCUT2D eigenvalue weighted by molar-refractivity contribution is 0.0951. The van der Waals surface area contributed by atoms with Crippen molar-refractivity contribution in [1.82, 2.24) is 20.4 Å². The fourth-order valence-electron chi connectivity index (χ4n) is 2.60. The highest BCUT2D eigenvalue weighted by Gasteiger charge is 2.07. The Balaban J connectivity index is 1.51. The summed E-state index contributed by atoms with van der Waals surface area (Å²) in [5.74, 6) is -0.166. The summed E-state index contributed by atoms with van der Waals surface area (Å²) >= 11 is 0. The van der Waals surface area contributed by atoms with E-state index in [0.29, 0.717) is 25.2 Å². The molecule has 7 heteroatoms. The first kappa shape index (κ1) is 18.2. The molecule has 27 heavy (non-hydrogen) atoms. The minimum absolute atomic E-state index is 0.166. The zero-order valence-electron chi connectivity index (χ0n) is 14.8. The standard InChI is InChI=1S/C20H21N5O2/c21-20(27)23-10-15-6-8-18(9-7-15)19(26)22-11-17-12-24-25(14-17)13-16-4-2-1-3-5-16/h1-9,12,14H,10-11,13H2,(H,22,26)(H3,21,23,27). The maximum atomic E-state index is 12.3. The molecule has 0 atom stereocenters. The molecule has 3 amide bonds. The number of aromatic nitrogens is 2. The van der Waals surface area contributed by atoms with Crippen molar-refractivity contribution in [3.05, 3.63) is 89.2 Å². The number of rotatable bonds is 7. The summed E-state index contributed by atoms with van der Waals surface area (Å²) in [5.41, 5.74) is 8.56. The largest absolute Gasteiger partial charge is 0.352 e. The molecule has 7 nitrogen and oxygen atoms in total. The highest BCUT2D eigenvalue weighted by atomic mass is 16.2. The van der Waals surface area contributed by atoms with Crippen molar-refractivity contribution < 1.29 is 9.59 Å². The van der Waals surface area contributed by atoms with Crippen LogP contribution in [0.4, 0.5) is 4.79 Å². The Morgan fingerprint density at radius 1 is 0.889 bits per heavy atom. The van der Waals surface area contributed by atoms with E-state index in [2.05, 4.69) is 15.7 Å². The number of nitrogens with zero attached hydrogens (tertiary/aromatic N) is 2. The normalized spacial score (nSPS) is 10.4. The van der Waals surface area contributed by atoms with Crippen LogP contribution in [0, 0.1) is 0 Å². The van der Waals surface area contributed by atoms with E-state index in [1.807, 2.05) is 41.2 Å². The maximum absolute atomic E-state index is 12.3. The fourth-order valence-corrected chi connectivity index (χ4v) is 2.60. The highest BCUT2D eigenvalue weighted by molar-refractivity contribution is 5.94. The molecule has 138 valence electrons. The zero-order chi connectivity index (χ0) is 19.1. The molecule has 2 aromatic carbocycles. The number of urea groups is 1. The molecule has 0 saturated heterocycles. The maximum Gasteiger partial charge on any atom is 0.312 e. The summed E-state index contributed by atoms with van der Waals surface area (Å²) in [5, 5.41) is 9.72. The molecule has 0 aliphatic heterocycles. The number of carbonyl (C=O) groups is 2. The van der Waals surface area contributed by atoms with Gasteiger partial charge in [0.2, 0.25) is 0 Å². The molecule has 1 heterocycles. The van der Waals surface area contributed by atoms with Gasteiger partial charge in [0, 0.05) is 30.4 Å². The van der Waals surface area contributed by atoms with Crippen LogP contribution in [0.1, 0.15) is 27.0 Å². The van der Waals surface area contributed by atoms with Crippen molar-refractivity contribution in [3.8, 4) is 0 Å². The van der Waals surface area contributed by atoms with Crippen molar-refractivity contribution in [2.75, 3.05) is 0 Å². The van der Waals surface area contributed by atoms with Crippen molar-refractivity contribution in [1.29, 1.82) is 0 Å². The molecule has 0 spiro atoms. The average molecular weight is 363 g/mol. The Labute approximate surface area is 157 Å².